The summed E-state index contributed by atoms with van der Waals surface area (Å²) in [5.41, 5.74) is 1.46. The van der Waals surface area contributed by atoms with E-state index in [9.17, 15) is 9.18 Å². The second kappa shape index (κ2) is 9.88. The molecule has 7 heteroatoms. The molecule has 1 amide bonds. The van der Waals surface area contributed by atoms with Gasteiger partial charge in [-0.1, -0.05) is 30.3 Å². The Morgan fingerprint density at radius 1 is 1.17 bits per heavy atom. The highest BCUT2D eigenvalue weighted by Gasteiger charge is 2.37. The molecule has 0 heterocycles. The van der Waals surface area contributed by atoms with Gasteiger partial charge in [0.25, 0.3) is 5.91 Å². The molecule has 0 spiro atoms. The highest BCUT2D eigenvalue weighted by atomic mass is 19.1. The Labute approximate surface area is 176 Å². The highest BCUT2D eigenvalue weighted by Crippen LogP contribution is 2.39. The summed E-state index contributed by atoms with van der Waals surface area (Å²) in [4.78, 5) is 16.3. The number of hydrogen-bond donors (Lipinski definition) is 3. The van der Waals surface area contributed by atoms with Gasteiger partial charge in [-0.05, 0) is 55.5 Å². The third-order valence-corrected chi connectivity index (χ3v) is 5.76. The zero-order valence-electron chi connectivity index (χ0n) is 17.0. The topological polar surface area (TPSA) is 89.3 Å². The van der Waals surface area contributed by atoms with Crippen molar-refractivity contribution in [3.63, 3.8) is 0 Å². The van der Waals surface area contributed by atoms with Gasteiger partial charge in [-0.15, -0.1) is 4.99 Å². The molecule has 0 saturated heterocycles. The van der Waals surface area contributed by atoms with Gasteiger partial charge in [0, 0.05) is 30.6 Å². The number of aliphatic imine (C=N–C) groups is 1. The van der Waals surface area contributed by atoms with E-state index in [1.807, 2.05) is 18.2 Å². The van der Waals surface area contributed by atoms with Crippen LogP contribution in [0.25, 0.3) is 0 Å². The summed E-state index contributed by atoms with van der Waals surface area (Å²) in [6.45, 7) is 0.505. The molecule has 156 valence electrons. The molecule has 2 aromatic carbocycles. The van der Waals surface area contributed by atoms with Gasteiger partial charge in [0.2, 0.25) is 12.2 Å². The average molecular weight is 407 g/mol. The van der Waals surface area contributed by atoms with Crippen LogP contribution < -0.4 is 16.0 Å². The SMILES string of the molecule is CN/C(=N\C#N)N[C@H]1CC[C@](CNC(=O)c2ccc(F)cc2)(c2ccccc2)CC1. The molecule has 0 atom stereocenters. The van der Waals surface area contributed by atoms with Crippen LogP contribution in [0.3, 0.4) is 0 Å². The number of nitrogens with zero attached hydrogens (tertiary/aromatic N) is 2. The Bertz CT molecular complexity index is 913. The lowest BCUT2D eigenvalue weighted by Crippen LogP contribution is -2.49. The smallest absolute Gasteiger partial charge is 0.251 e. The van der Waals surface area contributed by atoms with Crippen LogP contribution >= 0.6 is 0 Å². The molecule has 1 fully saturated rings. The first kappa shape index (κ1) is 21.3. The number of amides is 1. The van der Waals surface area contributed by atoms with Crippen LogP contribution in [0.15, 0.2) is 59.6 Å². The maximum absolute atomic E-state index is 13.1. The lowest BCUT2D eigenvalue weighted by atomic mass is 9.68. The zero-order valence-corrected chi connectivity index (χ0v) is 17.0. The highest BCUT2D eigenvalue weighted by molar-refractivity contribution is 5.94. The number of rotatable bonds is 5. The van der Waals surface area contributed by atoms with Gasteiger partial charge >= 0.3 is 0 Å². The summed E-state index contributed by atoms with van der Waals surface area (Å²) in [7, 11) is 1.73. The van der Waals surface area contributed by atoms with Crippen molar-refractivity contribution in [3.05, 3.63) is 71.5 Å². The van der Waals surface area contributed by atoms with Gasteiger partial charge in [-0.3, -0.25) is 4.79 Å². The Morgan fingerprint density at radius 3 is 2.43 bits per heavy atom. The van der Waals surface area contributed by atoms with Crippen molar-refractivity contribution in [3.8, 4) is 6.19 Å². The predicted molar refractivity (Wildman–Crippen MR) is 114 cm³/mol. The normalized spacial score (nSPS) is 21.4. The fraction of sp³-hybridized carbons (Fsp3) is 0.348. The summed E-state index contributed by atoms with van der Waals surface area (Å²) < 4.78 is 13.1. The van der Waals surface area contributed by atoms with Crippen LogP contribution in [0.2, 0.25) is 0 Å². The second-order valence-corrected chi connectivity index (χ2v) is 7.56. The summed E-state index contributed by atoms with van der Waals surface area (Å²) >= 11 is 0. The monoisotopic (exact) mass is 407 g/mol. The van der Waals surface area contributed by atoms with Crippen molar-refractivity contribution in [1.29, 1.82) is 5.26 Å². The van der Waals surface area contributed by atoms with Crippen molar-refractivity contribution in [1.82, 2.24) is 16.0 Å². The number of benzene rings is 2. The van der Waals surface area contributed by atoms with E-state index in [0.717, 1.165) is 25.7 Å². The standard InChI is InChI=1S/C23H26FN5O/c1-26-22(28-16-25)29-20-11-13-23(14-12-20,18-5-3-2-4-6-18)15-27-21(30)17-7-9-19(24)10-8-17/h2-10,20H,11-15H2,1H3,(H,27,30)(H2,26,28,29)/t20-,23-. The molecule has 30 heavy (non-hydrogen) atoms. The van der Waals surface area contributed by atoms with E-state index in [1.165, 1.54) is 29.8 Å². The van der Waals surface area contributed by atoms with Crippen molar-refractivity contribution in [2.24, 2.45) is 4.99 Å². The fourth-order valence-corrected chi connectivity index (χ4v) is 4.03. The molecule has 3 N–H and O–H groups in total. The molecular weight excluding hydrogens is 381 g/mol. The Balaban J connectivity index is 1.71. The number of halogens is 1. The minimum absolute atomic E-state index is 0.179. The lowest BCUT2D eigenvalue weighted by Gasteiger charge is -2.41. The molecule has 1 saturated carbocycles. The first-order valence-corrected chi connectivity index (χ1v) is 10.1. The van der Waals surface area contributed by atoms with Crippen LogP contribution in [0.4, 0.5) is 4.39 Å². The largest absolute Gasteiger partial charge is 0.359 e. The number of nitriles is 1. The van der Waals surface area contributed by atoms with E-state index >= 15 is 0 Å². The number of nitrogens with one attached hydrogen (secondary N) is 3. The summed E-state index contributed by atoms with van der Waals surface area (Å²) in [6, 6.07) is 16.0. The molecule has 6 nitrogen and oxygen atoms in total. The Morgan fingerprint density at radius 2 is 1.83 bits per heavy atom. The van der Waals surface area contributed by atoms with Crippen molar-refractivity contribution < 1.29 is 9.18 Å². The minimum Gasteiger partial charge on any atom is -0.359 e. The van der Waals surface area contributed by atoms with Crippen LogP contribution in [0.5, 0.6) is 0 Å². The zero-order chi connectivity index (χ0) is 21.4. The van der Waals surface area contributed by atoms with Crippen molar-refractivity contribution in [2.45, 2.75) is 37.1 Å². The van der Waals surface area contributed by atoms with Gasteiger partial charge in [-0.2, -0.15) is 5.26 Å². The number of carbonyl (C=O) groups is 1. The number of carbonyl (C=O) groups excluding carboxylic acids is 1. The molecule has 0 unspecified atom stereocenters. The fourth-order valence-electron chi connectivity index (χ4n) is 4.03. The number of hydrogen-bond acceptors (Lipinski definition) is 3. The van der Waals surface area contributed by atoms with Crippen LogP contribution in [-0.2, 0) is 5.41 Å². The predicted octanol–water partition coefficient (Wildman–Crippen LogP) is 3.08. The molecule has 0 aliphatic heterocycles. The van der Waals surface area contributed by atoms with Gasteiger partial charge in [0.05, 0.1) is 0 Å². The van der Waals surface area contributed by atoms with Crippen molar-refractivity contribution >= 4 is 11.9 Å². The molecule has 0 radical (unpaired) electrons. The Kier molecular flexibility index (Phi) is 7.02. The van der Waals surface area contributed by atoms with Crippen LogP contribution in [-0.4, -0.2) is 31.5 Å². The molecule has 1 aliphatic carbocycles. The van der Waals surface area contributed by atoms with Crippen LogP contribution in [0, 0.1) is 17.3 Å². The summed E-state index contributed by atoms with van der Waals surface area (Å²) in [6.07, 6.45) is 5.31. The van der Waals surface area contributed by atoms with E-state index in [4.69, 9.17) is 5.26 Å². The maximum Gasteiger partial charge on any atom is 0.251 e. The molecule has 1 aliphatic rings. The third kappa shape index (κ3) is 5.15. The number of guanidine groups is 1. The van der Waals surface area contributed by atoms with E-state index in [2.05, 4.69) is 33.1 Å². The minimum atomic E-state index is -0.362. The second-order valence-electron chi connectivity index (χ2n) is 7.56. The quantitative estimate of drug-likeness (QED) is 0.404. The maximum atomic E-state index is 13.1. The lowest BCUT2D eigenvalue weighted by molar-refractivity contribution is 0.0935. The summed E-state index contributed by atoms with van der Waals surface area (Å²) in [5.74, 6) is -0.0949. The van der Waals surface area contributed by atoms with E-state index in [-0.39, 0.29) is 23.2 Å². The Hall–Kier alpha value is -3.40. The van der Waals surface area contributed by atoms with E-state index in [1.54, 1.807) is 13.2 Å². The first-order valence-electron chi connectivity index (χ1n) is 10.1. The molecule has 2 aromatic rings. The molecule has 0 bridgehead atoms. The first-order chi connectivity index (χ1) is 14.6. The molecular formula is C23H26FN5O. The molecule has 3 rings (SSSR count). The average Bonchev–Trinajstić information content (AvgIpc) is 2.79. The third-order valence-electron chi connectivity index (χ3n) is 5.76. The van der Waals surface area contributed by atoms with Gasteiger partial charge in [0.1, 0.15) is 5.82 Å². The van der Waals surface area contributed by atoms with Crippen molar-refractivity contribution in [2.75, 3.05) is 13.6 Å². The van der Waals surface area contributed by atoms with E-state index in [0.29, 0.717) is 18.1 Å². The van der Waals surface area contributed by atoms with Gasteiger partial charge in [-0.25, -0.2) is 4.39 Å². The van der Waals surface area contributed by atoms with Crippen LogP contribution in [0.1, 0.15) is 41.6 Å². The van der Waals surface area contributed by atoms with Gasteiger partial charge < -0.3 is 16.0 Å². The van der Waals surface area contributed by atoms with E-state index < -0.39 is 0 Å². The molecule has 0 aromatic heterocycles. The summed E-state index contributed by atoms with van der Waals surface area (Å²) in [5, 5.41) is 18.0. The van der Waals surface area contributed by atoms with Gasteiger partial charge in [0.15, 0.2) is 0 Å².